The molecule has 3 nitrogen and oxygen atoms in total. The van der Waals surface area contributed by atoms with Gasteiger partial charge in [0.05, 0.1) is 11.0 Å². The van der Waals surface area contributed by atoms with E-state index in [1.165, 1.54) is 24.8 Å². The number of alkyl halides is 1. The fraction of sp³-hybridized carbons (Fsp3) is 0.533. The van der Waals surface area contributed by atoms with Crippen LogP contribution in [0.15, 0.2) is 24.3 Å². The lowest BCUT2D eigenvalue weighted by atomic mass is 10.1. The third-order valence-corrected chi connectivity index (χ3v) is 4.34. The van der Waals surface area contributed by atoms with Crippen molar-refractivity contribution in [2.24, 2.45) is 7.05 Å². The molecule has 0 aliphatic carbocycles. The predicted molar refractivity (Wildman–Crippen MR) is 81.0 cm³/mol. The van der Waals surface area contributed by atoms with Crippen molar-refractivity contribution in [3.8, 4) is 0 Å². The minimum Gasteiger partial charge on any atom is -0.339 e. The van der Waals surface area contributed by atoms with E-state index in [9.17, 15) is 0 Å². The van der Waals surface area contributed by atoms with Gasteiger partial charge in [0, 0.05) is 25.5 Å². The summed E-state index contributed by atoms with van der Waals surface area (Å²) in [4.78, 5) is 7.27. The van der Waals surface area contributed by atoms with Gasteiger partial charge in [0.1, 0.15) is 0 Å². The number of hydrogen-bond acceptors (Lipinski definition) is 2. The molecule has 0 bridgehead atoms. The average molecular weight is 278 g/mol. The minimum absolute atomic E-state index is 0.606. The van der Waals surface area contributed by atoms with Crippen LogP contribution >= 0.6 is 11.6 Å². The molecule has 1 atom stereocenters. The van der Waals surface area contributed by atoms with E-state index in [2.05, 4.69) is 34.7 Å². The fourth-order valence-electron chi connectivity index (χ4n) is 3.10. The van der Waals surface area contributed by atoms with Crippen molar-refractivity contribution in [1.29, 1.82) is 0 Å². The van der Waals surface area contributed by atoms with Crippen LogP contribution in [-0.2, 0) is 7.05 Å². The summed E-state index contributed by atoms with van der Waals surface area (Å²) < 4.78 is 2.22. The van der Waals surface area contributed by atoms with Crippen LogP contribution in [0.1, 0.15) is 25.7 Å². The Bertz CT molecular complexity index is 564. The molecular formula is C15H20ClN3. The molecule has 1 aliphatic rings. The topological polar surface area (TPSA) is 21.1 Å². The molecule has 1 aromatic carbocycles. The van der Waals surface area contributed by atoms with Gasteiger partial charge in [-0.25, -0.2) is 4.98 Å². The van der Waals surface area contributed by atoms with E-state index in [0.29, 0.717) is 6.04 Å². The van der Waals surface area contributed by atoms with Gasteiger partial charge in [-0.3, -0.25) is 0 Å². The summed E-state index contributed by atoms with van der Waals surface area (Å²) in [5.41, 5.74) is 2.29. The van der Waals surface area contributed by atoms with Gasteiger partial charge in [0.25, 0.3) is 0 Å². The van der Waals surface area contributed by atoms with Crippen molar-refractivity contribution >= 4 is 28.6 Å². The summed E-state index contributed by atoms with van der Waals surface area (Å²) in [6.45, 7) is 1.12. The van der Waals surface area contributed by atoms with Crippen molar-refractivity contribution < 1.29 is 0 Å². The molecule has 1 unspecified atom stereocenters. The number of benzene rings is 1. The SMILES string of the molecule is Cn1c(N2CCCC2CCCCl)nc2ccccc21. The fourth-order valence-corrected chi connectivity index (χ4v) is 3.26. The van der Waals surface area contributed by atoms with E-state index in [1.807, 2.05) is 6.07 Å². The molecule has 0 saturated carbocycles. The number of rotatable bonds is 4. The Labute approximate surface area is 119 Å². The molecule has 1 fully saturated rings. The average Bonchev–Trinajstić information content (AvgIpc) is 3.01. The van der Waals surface area contributed by atoms with E-state index in [-0.39, 0.29) is 0 Å². The van der Waals surface area contributed by atoms with Gasteiger partial charge in [-0.2, -0.15) is 0 Å². The highest BCUT2D eigenvalue weighted by Crippen LogP contribution is 2.29. The second-order valence-electron chi connectivity index (χ2n) is 5.28. The number of anilines is 1. The summed E-state index contributed by atoms with van der Waals surface area (Å²) in [6, 6.07) is 8.95. The van der Waals surface area contributed by atoms with Crippen LogP contribution in [0.25, 0.3) is 11.0 Å². The molecule has 0 N–H and O–H groups in total. The Kier molecular flexibility index (Phi) is 3.65. The van der Waals surface area contributed by atoms with Gasteiger partial charge in [0.15, 0.2) is 0 Å². The highest BCUT2D eigenvalue weighted by molar-refractivity contribution is 6.17. The van der Waals surface area contributed by atoms with E-state index < -0.39 is 0 Å². The Morgan fingerprint density at radius 2 is 2.21 bits per heavy atom. The third-order valence-electron chi connectivity index (χ3n) is 4.07. The zero-order chi connectivity index (χ0) is 13.2. The van der Waals surface area contributed by atoms with Crippen molar-refractivity contribution in [2.45, 2.75) is 31.7 Å². The maximum atomic E-state index is 5.83. The molecule has 2 heterocycles. The van der Waals surface area contributed by atoms with Crippen LogP contribution in [0.3, 0.4) is 0 Å². The molecule has 4 heteroatoms. The number of aryl methyl sites for hydroxylation is 1. The molecule has 1 saturated heterocycles. The first-order chi connectivity index (χ1) is 9.31. The zero-order valence-corrected chi connectivity index (χ0v) is 12.1. The molecule has 0 radical (unpaired) electrons. The summed E-state index contributed by atoms with van der Waals surface area (Å²) in [6.07, 6.45) is 4.79. The first-order valence-corrected chi connectivity index (χ1v) is 7.59. The van der Waals surface area contributed by atoms with E-state index in [0.717, 1.165) is 30.3 Å². The largest absolute Gasteiger partial charge is 0.339 e. The number of aromatic nitrogens is 2. The number of para-hydroxylation sites is 2. The second-order valence-corrected chi connectivity index (χ2v) is 5.66. The summed E-state index contributed by atoms with van der Waals surface area (Å²) in [5, 5.41) is 0. The minimum atomic E-state index is 0.606. The Morgan fingerprint density at radius 3 is 3.00 bits per heavy atom. The van der Waals surface area contributed by atoms with E-state index >= 15 is 0 Å². The third kappa shape index (κ3) is 2.32. The standard InChI is InChI=1S/C15H20ClN3/c1-18-14-9-3-2-8-13(14)17-15(18)19-11-5-7-12(19)6-4-10-16/h2-3,8-9,12H,4-7,10-11H2,1H3. The maximum Gasteiger partial charge on any atom is 0.206 e. The van der Waals surface area contributed by atoms with Crippen LogP contribution in [0.2, 0.25) is 0 Å². The second kappa shape index (κ2) is 5.41. The molecule has 1 aliphatic heterocycles. The number of halogens is 1. The Hall–Kier alpha value is -1.22. The van der Waals surface area contributed by atoms with Crippen LogP contribution in [-0.4, -0.2) is 28.0 Å². The zero-order valence-electron chi connectivity index (χ0n) is 11.3. The van der Waals surface area contributed by atoms with Gasteiger partial charge >= 0.3 is 0 Å². The van der Waals surface area contributed by atoms with Gasteiger partial charge < -0.3 is 9.47 Å². The maximum absolute atomic E-state index is 5.83. The van der Waals surface area contributed by atoms with Crippen molar-refractivity contribution in [3.05, 3.63) is 24.3 Å². The first-order valence-electron chi connectivity index (χ1n) is 7.05. The van der Waals surface area contributed by atoms with Crippen LogP contribution < -0.4 is 4.90 Å². The lowest BCUT2D eigenvalue weighted by Gasteiger charge is -2.25. The summed E-state index contributed by atoms with van der Waals surface area (Å²) >= 11 is 5.83. The van der Waals surface area contributed by atoms with Crippen molar-refractivity contribution in [1.82, 2.24) is 9.55 Å². The lowest BCUT2D eigenvalue weighted by molar-refractivity contribution is 0.589. The lowest BCUT2D eigenvalue weighted by Crippen LogP contribution is -2.31. The van der Waals surface area contributed by atoms with Crippen LogP contribution in [0, 0.1) is 0 Å². The highest BCUT2D eigenvalue weighted by Gasteiger charge is 2.27. The van der Waals surface area contributed by atoms with E-state index in [4.69, 9.17) is 16.6 Å². The monoisotopic (exact) mass is 277 g/mol. The van der Waals surface area contributed by atoms with Crippen molar-refractivity contribution in [2.75, 3.05) is 17.3 Å². The molecule has 3 rings (SSSR count). The molecule has 2 aromatic rings. The predicted octanol–water partition coefficient (Wildman–Crippen LogP) is 3.56. The van der Waals surface area contributed by atoms with E-state index in [1.54, 1.807) is 0 Å². The van der Waals surface area contributed by atoms with Gasteiger partial charge in [-0.1, -0.05) is 12.1 Å². The van der Waals surface area contributed by atoms with Crippen molar-refractivity contribution in [3.63, 3.8) is 0 Å². The van der Waals surface area contributed by atoms with Gasteiger partial charge in [-0.05, 0) is 37.8 Å². The number of nitrogens with zero attached hydrogens (tertiary/aromatic N) is 3. The molecule has 102 valence electrons. The molecule has 19 heavy (non-hydrogen) atoms. The Morgan fingerprint density at radius 1 is 1.37 bits per heavy atom. The van der Waals surface area contributed by atoms with Crippen LogP contribution in [0.5, 0.6) is 0 Å². The molecule has 0 amide bonds. The molecule has 1 aromatic heterocycles. The Balaban J connectivity index is 1.92. The summed E-state index contributed by atoms with van der Waals surface area (Å²) in [7, 11) is 2.11. The smallest absolute Gasteiger partial charge is 0.206 e. The number of hydrogen-bond donors (Lipinski definition) is 0. The number of fused-ring (bicyclic) bond motifs is 1. The van der Waals surface area contributed by atoms with Gasteiger partial charge in [0.2, 0.25) is 5.95 Å². The summed E-state index contributed by atoms with van der Waals surface area (Å²) in [5.74, 6) is 1.87. The van der Waals surface area contributed by atoms with Gasteiger partial charge in [-0.15, -0.1) is 11.6 Å². The van der Waals surface area contributed by atoms with Crippen LogP contribution in [0.4, 0.5) is 5.95 Å². The molecule has 0 spiro atoms. The first kappa shape index (κ1) is 12.8. The quantitative estimate of drug-likeness (QED) is 0.797. The highest BCUT2D eigenvalue weighted by atomic mass is 35.5. The molecular weight excluding hydrogens is 258 g/mol. The normalized spacial score (nSPS) is 19.5. The number of imidazole rings is 1.